The number of hydrogen-bond acceptors (Lipinski definition) is 4. The summed E-state index contributed by atoms with van der Waals surface area (Å²) in [5, 5.41) is 2.84. The van der Waals surface area contributed by atoms with Gasteiger partial charge in [-0.2, -0.15) is 0 Å². The number of amides is 1. The van der Waals surface area contributed by atoms with E-state index in [4.69, 9.17) is 9.47 Å². The highest BCUT2D eigenvalue weighted by Crippen LogP contribution is 2.22. The Kier molecular flexibility index (Phi) is 5.80. The lowest BCUT2D eigenvalue weighted by molar-refractivity contribution is -0.123. The van der Waals surface area contributed by atoms with Gasteiger partial charge in [0, 0.05) is 5.69 Å². The maximum Gasteiger partial charge on any atom is 0.338 e. The molecule has 0 fully saturated rings. The molecule has 5 heteroatoms. The van der Waals surface area contributed by atoms with Crippen LogP contribution in [0.15, 0.2) is 36.4 Å². The first-order valence-corrected chi connectivity index (χ1v) is 8.05. The van der Waals surface area contributed by atoms with E-state index in [9.17, 15) is 9.59 Å². The molecule has 0 aliphatic rings. The van der Waals surface area contributed by atoms with Crippen LogP contribution in [0.2, 0.25) is 0 Å². The van der Waals surface area contributed by atoms with Crippen LogP contribution in [0.25, 0.3) is 0 Å². The van der Waals surface area contributed by atoms with Crippen LogP contribution in [-0.2, 0) is 9.53 Å². The molecule has 0 spiro atoms. The molecule has 0 saturated heterocycles. The van der Waals surface area contributed by atoms with Gasteiger partial charge in [0.1, 0.15) is 5.75 Å². The van der Waals surface area contributed by atoms with Crippen molar-refractivity contribution in [3.63, 3.8) is 0 Å². The third-order valence-corrected chi connectivity index (χ3v) is 3.90. The van der Waals surface area contributed by atoms with E-state index < -0.39 is 12.1 Å². The summed E-state index contributed by atoms with van der Waals surface area (Å²) >= 11 is 0. The van der Waals surface area contributed by atoms with Crippen LogP contribution >= 0.6 is 0 Å². The monoisotopic (exact) mass is 341 g/mol. The molecule has 2 aromatic carbocycles. The fraction of sp³-hybridized carbons (Fsp3) is 0.300. The Balaban J connectivity index is 2.03. The first kappa shape index (κ1) is 18.5. The van der Waals surface area contributed by atoms with Gasteiger partial charge in [0.2, 0.25) is 0 Å². The number of esters is 1. The third-order valence-electron chi connectivity index (χ3n) is 3.90. The van der Waals surface area contributed by atoms with Gasteiger partial charge in [-0.15, -0.1) is 0 Å². The van der Waals surface area contributed by atoms with Crippen molar-refractivity contribution in [3.8, 4) is 5.75 Å². The molecule has 0 heterocycles. The molecule has 0 unspecified atom stereocenters. The average Bonchev–Trinajstić information content (AvgIpc) is 2.57. The van der Waals surface area contributed by atoms with Gasteiger partial charge in [0.15, 0.2) is 6.10 Å². The molecule has 0 aliphatic heterocycles. The molecule has 0 radical (unpaired) electrons. The third kappa shape index (κ3) is 4.59. The zero-order chi connectivity index (χ0) is 18.6. The summed E-state index contributed by atoms with van der Waals surface area (Å²) in [5.41, 5.74) is 4.19. The van der Waals surface area contributed by atoms with Crippen LogP contribution in [-0.4, -0.2) is 25.1 Å². The van der Waals surface area contributed by atoms with E-state index in [0.717, 1.165) is 22.4 Å². The molecule has 0 bridgehead atoms. The molecule has 0 saturated carbocycles. The molecule has 1 atom stereocenters. The van der Waals surface area contributed by atoms with Gasteiger partial charge in [-0.1, -0.05) is 17.7 Å². The van der Waals surface area contributed by atoms with Gasteiger partial charge in [0.05, 0.1) is 12.7 Å². The summed E-state index contributed by atoms with van der Waals surface area (Å²) < 4.78 is 10.3. The van der Waals surface area contributed by atoms with Crippen molar-refractivity contribution in [2.45, 2.75) is 33.8 Å². The van der Waals surface area contributed by atoms with E-state index in [1.807, 2.05) is 32.9 Å². The minimum Gasteiger partial charge on any atom is -0.497 e. The van der Waals surface area contributed by atoms with Crippen LogP contribution in [0.1, 0.15) is 34.0 Å². The minimum atomic E-state index is -0.908. The molecule has 2 aromatic rings. The fourth-order valence-electron chi connectivity index (χ4n) is 2.61. The average molecular weight is 341 g/mol. The maximum absolute atomic E-state index is 12.4. The summed E-state index contributed by atoms with van der Waals surface area (Å²) in [6, 6.07) is 10.5. The number of anilines is 1. The van der Waals surface area contributed by atoms with Crippen molar-refractivity contribution in [3.05, 3.63) is 58.7 Å². The Hall–Kier alpha value is -2.82. The van der Waals surface area contributed by atoms with Crippen LogP contribution in [0, 0.1) is 20.8 Å². The number of nitrogens with one attached hydrogen (secondary N) is 1. The van der Waals surface area contributed by atoms with Gasteiger partial charge in [-0.3, -0.25) is 4.79 Å². The smallest absolute Gasteiger partial charge is 0.338 e. The molecule has 1 N–H and O–H groups in total. The highest BCUT2D eigenvalue weighted by atomic mass is 16.5. The van der Waals surface area contributed by atoms with Gasteiger partial charge in [-0.05, 0) is 63.1 Å². The molecule has 2 rings (SSSR count). The van der Waals surface area contributed by atoms with Crippen LogP contribution in [0.4, 0.5) is 5.69 Å². The topological polar surface area (TPSA) is 64.6 Å². The molecule has 25 heavy (non-hydrogen) atoms. The molecule has 0 aliphatic carbocycles. The first-order valence-electron chi connectivity index (χ1n) is 8.05. The lowest BCUT2D eigenvalue weighted by atomic mass is 10.0. The second kappa shape index (κ2) is 7.83. The van der Waals surface area contributed by atoms with E-state index >= 15 is 0 Å². The van der Waals surface area contributed by atoms with Gasteiger partial charge in [0.25, 0.3) is 5.91 Å². The predicted molar refractivity (Wildman–Crippen MR) is 97.2 cm³/mol. The number of rotatable bonds is 5. The quantitative estimate of drug-likeness (QED) is 0.840. The Morgan fingerprint density at radius 1 is 1.00 bits per heavy atom. The number of aryl methyl sites for hydroxylation is 3. The van der Waals surface area contributed by atoms with Crippen molar-refractivity contribution >= 4 is 17.6 Å². The van der Waals surface area contributed by atoms with Gasteiger partial charge in [-0.25, -0.2) is 4.79 Å². The summed E-state index contributed by atoms with van der Waals surface area (Å²) in [6.07, 6.45) is -0.908. The zero-order valence-electron chi connectivity index (χ0n) is 15.2. The number of carbonyl (C=O) groups is 2. The van der Waals surface area contributed by atoms with Gasteiger partial charge >= 0.3 is 5.97 Å². The molecule has 1 amide bonds. The Labute approximate surface area is 148 Å². The van der Waals surface area contributed by atoms with Crippen LogP contribution in [0.3, 0.4) is 0 Å². The lowest BCUT2D eigenvalue weighted by Gasteiger charge is -2.17. The molecule has 0 aromatic heterocycles. The van der Waals surface area contributed by atoms with E-state index in [0.29, 0.717) is 11.3 Å². The summed E-state index contributed by atoms with van der Waals surface area (Å²) in [5.74, 6) is -0.271. The summed E-state index contributed by atoms with van der Waals surface area (Å²) in [6.45, 7) is 7.42. The second-order valence-electron chi connectivity index (χ2n) is 6.04. The molecular formula is C20H23NO4. The number of ether oxygens (including phenoxy) is 2. The highest BCUT2D eigenvalue weighted by molar-refractivity contribution is 5.98. The Bertz CT molecular complexity index is 758. The zero-order valence-corrected chi connectivity index (χ0v) is 15.2. The van der Waals surface area contributed by atoms with Crippen molar-refractivity contribution < 1.29 is 19.1 Å². The first-order chi connectivity index (χ1) is 11.8. The Morgan fingerprint density at radius 2 is 1.56 bits per heavy atom. The Morgan fingerprint density at radius 3 is 2.08 bits per heavy atom. The summed E-state index contributed by atoms with van der Waals surface area (Å²) in [4.78, 5) is 24.5. The normalized spacial score (nSPS) is 11.6. The molecular weight excluding hydrogens is 318 g/mol. The predicted octanol–water partition coefficient (Wildman–Crippen LogP) is 3.80. The summed E-state index contributed by atoms with van der Waals surface area (Å²) in [7, 11) is 1.55. The van der Waals surface area contributed by atoms with E-state index in [1.54, 1.807) is 38.3 Å². The maximum atomic E-state index is 12.4. The number of hydrogen-bond donors (Lipinski definition) is 1. The van der Waals surface area contributed by atoms with E-state index in [2.05, 4.69) is 5.32 Å². The number of benzene rings is 2. The van der Waals surface area contributed by atoms with Crippen molar-refractivity contribution in [1.82, 2.24) is 0 Å². The number of methoxy groups -OCH3 is 1. The minimum absolute atomic E-state index is 0.364. The van der Waals surface area contributed by atoms with E-state index in [-0.39, 0.29) is 5.91 Å². The van der Waals surface area contributed by atoms with Crippen LogP contribution < -0.4 is 10.1 Å². The number of carbonyl (C=O) groups excluding carboxylic acids is 2. The van der Waals surface area contributed by atoms with E-state index in [1.165, 1.54) is 0 Å². The fourth-order valence-corrected chi connectivity index (χ4v) is 2.61. The standard InChI is InChI=1S/C20H23NO4/c1-12-10-13(2)18(14(3)11-12)21-19(22)15(4)25-20(23)16-6-8-17(24-5)9-7-16/h6-11,15H,1-5H3,(H,21,22)/t15-/m1/s1. The molecule has 132 valence electrons. The lowest BCUT2D eigenvalue weighted by Crippen LogP contribution is -2.30. The van der Waals surface area contributed by atoms with Crippen LogP contribution in [0.5, 0.6) is 5.75 Å². The largest absolute Gasteiger partial charge is 0.497 e. The molecule has 5 nitrogen and oxygen atoms in total. The second-order valence-corrected chi connectivity index (χ2v) is 6.04. The van der Waals surface area contributed by atoms with Crippen molar-refractivity contribution in [2.24, 2.45) is 0 Å². The highest BCUT2D eigenvalue weighted by Gasteiger charge is 2.20. The van der Waals surface area contributed by atoms with Gasteiger partial charge < -0.3 is 14.8 Å². The van der Waals surface area contributed by atoms with Crippen molar-refractivity contribution in [1.29, 1.82) is 0 Å². The SMILES string of the molecule is COc1ccc(C(=O)O[C@H](C)C(=O)Nc2c(C)cc(C)cc2C)cc1. The van der Waals surface area contributed by atoms with Crippen molar-refractivity contribution in [2.75, 3.05) is 12.4 Å².